The second kappa shape index (κ2) is 7.89. The molecule has 0 atom stereocenters. The van der Waals surface area contributed by atoms with Gasteiger partial charge >= 0.3 is 0 Å². The van der Waals surface area contributed by atoms with Crippen LogP contribution in [0.3, 0.4) is 0 Å². The number of nitrogens with zero attached hydrogens (tertiary/aromatic N) is 1. The number of piperidine rings is 1. The summed E-state index contributed by atoms with van der Waals surface area (Å²) < 4.78 is 0. The number of amides is 2. The Morgan fingerprint density at radius 3 is 2.24 bits per heavy atom. The Hall–Kier alpha value is -2.04. The Kier molecular flexibility index (Phi) is 5.61. The molecule has 4 nitrogen and oxygen atoms in total. The fourth-order valence-corrected chi connectivity index (χ4v) is 3.45. The van der Waals surface area contributed by atoms with Crippen LogP contribution in [-0.4, -0.2) is 29.8 Å². The zero-order valence-electron chi connectivity index (χ0n) is 13.6. The van der Waals surface area contributed by atoms with Gasteiger partial charge < -0.3 is 10.2 Å². The second-order valence-electron chi connectivity index (χ2n) is 6.01. The first kappa shape index (κ1) is 17.8. The molecule has 0 radical (unpaired) electrons. The summed E-state index contributed by atoms with van der Waals surface area (Å²) in [5, 5.41) is 3.57. The van der Waals surface area contributed by atoms with Crippen LogP contribution < -0.4 is 5.32 Å². The van der Waals surface area contributed by atoms with Crippen LogP contribution >= 0.6 is 23.2 Å². The lowest BCUT2D eigenvalue weighted by Gasteiger charge is -2.27. The summed E-state index contributed by atoms with van der Waals surface area (Å²) in [6, 6.07) is 11.7. The molecule has 0 bridgehead atoms. The predicted octanol–water partition coefficient (Wildman–Crippen LogP) is 4.87. The first-order valence-corrected chi connectivity index (χ1v) is 8.96. The minimum absolute atomic E-state index is 0.0558. The average Bonchev–Trinajstić information content (AvgIpc) is 2.61. The molecule has 0 aliphatic carbocycles. The van der Waals surface area contributed by atoms with Crippen molar-refractivity contribution < 1.29 is 9.59 Å². The van der Waals surface area contributed by atoms with E-state index in [0.29, 0.717) is 26.9 Å². The zero-order chi connectivity index (χ0) is 17.8. The third kappa shape index (κ3) is 4.33. The second-order valence-corrected chi connectivity index (χ2v) is 6.88. The number of halogens is 2. The van der Waals surface area contributed by atoms with Crippen LogP contribution in [0.2, 0.25) is 10.0 Å². The molecular weight excluding hydrogens is 359 g/mol. The van der Waals surface area contributed by atoms with Gasteiger partial charge in [0, 0.05) is 28.7 Å². The molecule has 0 spiro atoms. The van der Waals surface area contributed by atoms with Crippen LogP contribution in [0.1, 0.15) is 40.0 Å². The molecule has 1 heterocycles. The number of likely N-dealkylation sites (tertiary alicyclic amines) is 1. The number of anilines is 1. The van der Waals surface area contributed by atoms with E-state index in [1.54, 1.807) is 30.3 Å². The molecule has 2 aromatic rings. The summed E-state index contributed by atoms with van der Waals surface area (Å²) in [5.74, 6) is -0.414. The third-order valence-electron chi connectivity index (χ3n) is 4.17. The van der Waals surface area contributed by atoms with Gasteiger partial charge in [-0.05, 0) is 49.6 Å². The highest BCUT2D eigenvalue weighted by atomic mass is 35.5. The Balaban J connectivity index is 1.83. The molecule has 0 saturated carbocycles. The maximum Gasteiger partial charge on any atom is 0.255 e. The lowest BCUT2D eigenvalue weighted by atomic mass is 10.1. The summed E-state index contributed by atoms with van der Waals surface area (Å²) in [6.07, 6.45) is 3.18. The predicted molar refractivity (Wildman–Crippen MR) is 101 cm³/mol. The summed E-state index contributed by atoms with van der Waals surface area (Å²) in [7, 11) is 0. The number of hydrogen-bond donors (Lipinski definition) is 1. The van der Waals surface area contributed by atoms with Crippen LogP contribution in [0.15, 0.2) is 42.5 Å². The average molecular weight is 377 g/mol. The van der Waals surface area contributed by atoms with Gasteiger partial charge in [-0.1, -0.05) is 35.3 Å². The molecule has 1 aliphatic rings. The van der Waals surface area contributed by atoms with Crippen LogP contribution in [0.4, 0.5) is 5.69 Å². The minimum atomic E-state index is -0.358. The molecular formula is C19H18Cl2N2O2. The zero-order valence-corrected chi connectivity index (χ0v) is 15.1. The van der Waals surface area contributed by atoms with Crippen molar-refractivity contribution in [3.8, 4) is 0 Å². The van der Waals surface area contributed by atoms with Crippen LogP contribution in [0, 0.1) is 0 Å². The summed E-state index contributed by atoms with van der Waals surface area (Å²) >= 11 is 11.9. The number of carbonyl (C=O) groups excluding carboxylic acids is 2. The minimum Gasteiger partial charge on any atom is -0.339 e. The van der Waals surface area contributed by atoms with Gasteiger partial charge in [-0.2, -0.15) is 0 Å². The molecule has 0 unspecified atom stereocenters. The Morgan fingerprint density at radius 1 is 0.920 bits per heavy atom. The Bertz CT molecular complexity index is 782. The van der Waals surface area contributed by atoms with Crippen LogP contribution in [-0.2, 0) is 0 Å². The van der Waals surface area contributed by atoms with Gasteiger partial charge in [0.05, 0.1) is 11.3 Å². The van der Waals surface area contributed by atoms with Gasteiger partial charge in [0.2, 0.25) is 0 Å². The van der Waals surface area contributed by atoms with E-state index in [1.807, 2.05) is 4.90 Å². The molecule has 2 aromatic carbocycles. The van der Waals surface area contributed by atoms with Gasteiger partial charge in [-0.3, -0.25) is 9.59 Å². The van der Waals surface area contributed by atoms with Gasteiger partial charge in [0.15, 0.2) is 0 Å². The van der Waals surface area contributed by atoms with Crippen molar-refractivity contribution in [2.75, 3.05) is 18.4 Å². The molecule has 1 saturated heterocycles. The number of para-hydroxylation sites is 1. The smallest absolute Gasteiger partial charge is 0.255 e. The molecule has 0 aromatic heterocycles. The Labute approximate surface area is 156 Å². The van der Waals surface area contributed by atoms with Gasteiger partial charge in [0.25, 0.3) is 11.8 Å². The van der Waals surface area contributed by atoms with Gasteiger partial charge in [0.1, 0.15) is 0 Å². The van der Waals surface area contributed by atoms with Gasteiger partial charge in [-0.15, -0.1) is 0 Å². The van der Waals surface area contributed by atoms with Crippen LogP contribution in [0.5, 0.6) is 0 Å². The van der Waals surface area contributed by atoms with Crippen LogP contribution in [0.25, 0.3) is 0 Å². The number of rotatable bonds is 3. The fourth-order valence-electron chi connectivity index (χ4n) is 2.93. The topological polar surface area (TPSA) is 49.4 Å². The number of hydrogen-bond acceptors (Lipinski definition) is 2. The molecule has 6 heteroatoms. The maximum atomic E-state index is 12.8. The van der Waals surface area contributed by atoms with E-state index in [2.05, 4.69) is 5.32 Å². The Morgan fingerprint density at radius 2 is 1.56 bits per heavy atom. The van der Waals surface area contributed by atoms with E-state index < -0.39 is 0 Å². The number of carbonyl (C=O) groups is 2. The van der Waals surface area contributed by atoms with Crippen molar-refractivity contribution in [2.24, 2.45) is 0 Å². The molecule has 1 aliphatic heterocycles. The van der Waals surface area contributed by atoms with Crippen molar-refractivity contribution >= 4 is 40.7 Å². The monoisotopic (exact) mass is 376 g/mol. The number of nitrogens with one attached hydrogen (secondary N) is 1. The first-order chi connectivity index (χ1) is 12.0. The van der Waals surface area contributed by atoms with Crippen molar-refractivity contribution in [2.45, 2.75) is 19.3 Å². The van der Waals surface area contributed by atoms with E-state index >= 15 is 0 Å². The highest BCUT2D eigenvalue weighted by Gasteiger charge is 2.21. The normalized spacial score (nSPS) is 14.2. The molecule has 1 N–H and O–H groups in total. The van der Waals surface area contributed by atoms with Crippen molar-refractivity contribution in [3.05, 3.63) is 63.6 Å². The van der Waals surface area contributed by atoms with E-state index in [9.17, 15) is 9.59 Å². The van der Waals surface area contributed by atoms with Crippen molar-refractivity contribution in [1.29, 1.82) is 0 Å². The highest BCUT2D eigenvalue weighted by molar-refractivity contribution is 6.35. The van der Waals surface area contributed by atoms with E-state index in [0.717, 1.165) is 32.4 Å². The van der Waals surface area contributed by atoms with E-state index in [1.165, 1.54) is 12.1 Å². The van der Waals surface area contributed by atoms with E-state index in [-0.39, 0.29) is 11.8 Å². The standard InChI is InChI=1S/C19H18Cl2N2O2/c20-14-10-13(11-15(21)12-14)18(24)22-17-7-3-2-6-16(17)19(25)23-8-4-1-5-9-23/h2-3,6-7,10-12H,1,4-5,8-9H2,(H,22,24). The van der Waals surface area contributed by atoms with Crippen molar-refractivity contribution in [1.82, 2.24) is 4.90 Å². The van der Waals surface area contributed by atoms with Gasteiger partial charge in [-0.25, -0.2) is 0 Å². The third-order valence-corrected chi connectivity index (χ3v) is 4.61. The molecule has 1 fully saturated rings. The molecule has 130 valence electrons. The molecule has 3 rings (SSSR count). The largest absolute Gasteiger partial charge is 0.339 e. The summed E-state index contributed by atoms with van der Waals surface area (Å²) in [4.78, 5) is 27.1. The van der Waals surface area contributed by atoms with Crippen molar-refractivity contribution in [3.63, 3.8) is 0 Å². The summed E-state index contributed by atoms with van der Waals surface area (Å²) in [5.41, 5.74) is 1.32. The van der Waals surface area contributed by atoms with E-state index in [4.69, 9.17) is 23.2 Å². The quantitative estimate of drug-likeness (QED) is 0.830. The lowest BCUT2D eigenvalue weighted by molar-refractivity contribution is 0.0725. The molecule has 25 heavy (non-hydrogen) atoms. The SMILES string of the molecule is O=C(Nc1ccccc1C(=O)N1CCCCC1)c1cc(Cl)cc(Cl)c1. The summed E-state index contributed by atoms with van der Waals surface area (Å²) in [6.45, 7) is 1.51. The highest BCUT2D eigenvalue weighted by Crippen LogP contribution is 2.23. The maximum absolute atomic E-state index is 12.8. The lowest BCUT2D eigenvalue weighted by Crippen LogP contribution is -2.36. The number of benzene rings is 2. The molecule has 2 amide bonds. The fraction of sp³-hybridized carbons (Fsp3) is 0.263. The first-order valence-electron chi connectivity index (χ1n) is 8.20.